The summed E-state index contributed by atoms with van der Waals surface area (Å²) in [6, 6.07) is 10.1. The SMILES string of the molecule is NCCCCC(N)C(=O)Nc1ccc(C(Cc2ccsc2[N+](=O)[O-])S(=O)(=O)Oc2ccc(N(CCCl)CCCl)cc2)cn1. The Kier molecular flexibility index (Phi) is 13.4. The van der Waals surface area contributed by atoms with Crippen molar-refractivity contribution >= 4 is 67.1 Å². The number of nitrogens with two attached hydrogens (primary N) is 2. The molecule has 3 rings (SSSR count). The average molecular weight is 674 g/mol. The van der Waals surface area contributed by atoms with Gasteiger partial charge >= 0.3 is 15.1 Å². The van der Waals surface area contributed by atoms with Crippen molar-refractivity contribution in [2.24, 2.45) is 11.5 Å². The Hall–Kier alpha value is -3.01. The molecule has 0 aliphatic carbocycles. The molecule has 0 fully saturated rings. The molecule has 0 saturated carbocycles. The highest BCUT2D eigenvalue weighted by molar-refractivity contribution is 7.87. The standard InChI is InChI=1S/C27H34Cl2N6O6S2/c28-11-14-34(15-12-29)21-5-7-22(8-6-21)41-43(39,40)24(17-19-10-16-42-27(19)35(37)38)20-4-9-25(32-18-20)33-26(36)23(31)3-1-2-13-30/h4-10,16,18,23-24H,1-3,11-15,17,30-31H2,(H,32,33,36). The maximum atomic E-state index is 13.7. The van der Waals surface area contributed by atoms with Gasteiger partial charge in [0, 0.05) is 48.7 Å². The van der Waals surface area contributed by atoms with E-state index in [0.717, 1.165) is 23.4 Å². The van der Waals surface area contributed by atoms with E-state index < -0.39 is 32.2 Å². The lowest BCUT2D eigenvalue weighted by Gasteiger charge is -2.23. The quantitative estimate of drug-likeness (QED) is 0.0574. The van der Waals surface area contributed by atoms with Crippen molar-refractivity contribution < 1.29 is 22.3 Å². The number of unbranched alkanes of at least 4 members (excludes halogenated alkanes) is 1. The number of thiophene rings is 1. The molecular weight excluding hydrogens is 639 g/mol. The first-order valence-electron chi connectivity index (χ1n) is 13.4. The van der Waals surface area contributed by atoms with Crippen molar-refractivity contribution in [3.8, 4) is 5.75 Å². The minimum atomic E-state index is -4.39. The van der Waals surface area contributed by atoms with E-state index in [0.29, 0.717) is 44.2 Å². The van der Waals surface area contributed by atoms with Crippen LogP contribution in [-0.2, 0) is 21.3 Å². The molecule has 0 aliphatic rings. The zero-order valence-electron chi connectivity index (χ0n) is 23.2. The minimum absolute atomic E-state index is 0.0609. The van der Waals surface area contributed by atoms with Gasteiger partial charge in [-0.15, -0.1) is 23.2 Å². The third-order valence-corrected chi connectivity index (χ3v) is 9.29. The van der Waals surface area contributed by atoms with E-state index >= 15 is 0 Å². The first-order valence-corrected chi connectivity index (χ1v) is 16.8. The van der Waals surface area contributed by atoms with Gasteiger partial charge in [0.05, 0.1) is 11.0 Å². The van der Waals surface area contributed by atoms with Crippen molar-refractivity contribution in [2.45, 2.75) is 37.0 Å². The molecule has 3 aromatic rings. The second-order valence-electron chi connectivity index (χ2n) is 9.49. The molecular formula is C27H34Cl2N6O6S2. The molecule has 2 aromatic heterocycles. The Morgan fingerprint density at radius 2 is 1.81 bits per heavy atom. The third kappa shape index (κ3) is 10.0. The predicted octanol–water partition coefficient (Wildman–Crippen LogP) is 4.42. The molecule has 5 N–H and O–H groups in total. The number of benzene rings is 1. The van der Waals surface area contributed by atoms with Crippen LogP contribution in [0.5, 0.6) is 5.75 Å². The van der Waals surface area contributed by atoms with Crippen molar-refractivity contribution in [1.29, 1.82) is 0 Å². The summed E-state index contributed by atoms with van der Waals surface area (Å²) in [6.45, 7) is 1.61. The summed E-state index contributed by atoms with van der Waals surface area (Å²) < 4.78 is 32.8. The number of nitro groups is 1. The number of nitrogens with zero attached hydrogens (tertiary/aromatic N) is 3. The van der Waals surface area contributed by atoms with Crippen molar-refractivity contribution in [3.63, 3.8) is 0 Å². The van der Waals surface area contributed by atoms with Crippen LogP contribution in [0.1, 0.15) is 35.6 Å². The number of hydrogen-bond acceptors (Lipinski definition) is 11. The maximum absolute atomic E-state index is 13.7. The molecule has 1 aromatic carbocycles. The molecule has 16 heteroatoms. The number of amides is 1. The van der Waals surface area contributed by atoms with E-state index in [1.807, 2.05) is 4.90 Å². The summed E-state index contributed by atoms with van der Waals surface area (Å²) in [7, 11) is -4.39. The van der Waals surface area contributed by atoms with Gasteiger partial charge in [-0.2, -0.15) is 8.42 Å². The summed E-state index contributed by atoms with van der Waals surface area (Å²) >= 11 is 12.7. The van der Waals surface area contributed by atoms with Gasteiger partial charge in [0.2, 0.25) is 5.91 Å². The lowest BCUT2D eigenvalue weighted by molar-refractivity contribution is -0.380. The molecule has 43 heavy (non-hydrogen) atoms. The van der Waals surface area contributed by atoms with Gasteiger partial charge in [0.1, 0.15) is 16.8 Å². The van der Waals surface area contributed by atoms with Crippen molar-refractivity contribution in [3.05, 3.63) is 75.3 Å². The van der Waals surface area contributed by atoms with Crippen LogP contribution in [0.2, 0.25) is 0 Å². The van der Waals surface area contributed by atoms with Gasteiger partial charge < -0.3 is 25.9 Å². The second kappa shape index (κ2) is 16.7. The Balaban J connectivity index is 1.85. The lowest BCUT2D eigenvalue weighted by atomic mass is 10.1. The van der Waals surface area contributed by atoms with Crippen molar-refractivity contribution in [1.82, 2.24) is 4.98 Å². The maximum Gasteiger partial charge on any atom is 0.327 e. The van der Waals surface area contributed by atoms with Crippen LogP contribution >= 0.6 is 34.5 Å². The first-order chi connectivity index (χ1) is 20.6. The number of nitrogens with one attached hydrogen (secondary N) is 1. The monoisotopic (exact) mass is 672 g/mol. The number of carbonyl (C=O) groups excluding carboxylic acids is 1. The molecule has 0 radical (unpaired) electrons. The third-order valence-electron chi connectivity index (χ3n) is 6.48. The largest absolute Gasteiger partial charge is 0.382 e. The van der Waals surface area contributed by atoms with Crippen LogP contribution in [0.4, 0.5) is 16.5 Å². The number of rotatable bonds is 18. The molecule has 12 nitrogen and oxygen atoms in total. The number of aromatic nitrogens is 1. The fourth-order valence-corrected chi connectivity index (χ4v) is 6.75. The zero-order valence-corrected chi connectivity index (χ0v) is 26.4. The summed E-state index contributed by atoms with van der Waals surface area (Å²) in [5.41, 5.74) is 12.7. The van der Waals surface area contributed by atoms with Gasteiger partial charge in [0.15, 0.2) is 0 Å². The number of pyridine rings is 1. The van der Waals surface area contributed by atoms with Gasteiger partial charge in [-0.25, -0.2) is 4.98 Å². The molecule has 2 unspecified atom stereocenters. The van der Waals surface area contributed by atoms with E-state index in [1.165, 1.54) is 41.9 Å². The fourth-order valence-electron chi connectivity index (χ4n) is 4.24. The molecule has 0 saturated heterocycles. The van der Waals surface area contributed by atoms with E-state index in [1.54, 1.807) is 12.1 Å². The normalized spacial score (nSPS) is 12.8. The molecule has 2 atom stereocenters. The molecule has 2 heterocycles. The summed E-state index contributed by atoms with van der Waals surface area (Å²) in [4.78, 5) is 29.6. The Bertz CT molecular complexity index is 1430. The topological polar surface area (TPSA) is 184 Å². The average Bonchev–Trinajstić information content (AvgIpc) is 3.45. The Morgan fingerprint density at radius 3 is 2.40 bits per heavy atom. The predicted molar refractivity (Wildman–Crippen MR) is 171 cm³/mol. The summed E-state index contributed by atoms with van der Waals surface area (Å²) in [5.74, 6) is 0.579. The number of anilines is 2. The highest BCUT2D eigenvalue weighted by atomic mass is 35.5. The lowest BCUT2D eigenvalue weighted by Crippen LogP contribution is -2.35. The Morgan fingerprint density at radius 1 is 1.12 bits per heavy atom. The van der Waals surface area contributed by atoms with E-state index in [2.05, 4.69) is 10.3 Å². The molecule has 1 amide bonds. The van der Waals surface area contributed by atoms with Crippen LogP contribution in [0.25, 0.3) is 0 Å². The van der Waals surface area contributed by atoms with Gasteiger partial charge in [-0.3, -0.25) is 14.9 Å². The fraction of sp³-hybridized carbons (Fsp3) is 0.407. The van der Waals surface area contributed by atoms with Crippen LogP contribution in [0.15, 0.2) is 54.0 Å². The number of carbonyl (C=O) groups is 1. The van der Waals surface area contributed by atoms with Crippen LogP contribution in [0, 0.1) is 10.1 Å². The second-order valence-corrected chi connectivity index (χ2v) is 12.9. The van der Waals surface area contributed by atoms with E-state index in [9.17, 15) is 23.3 Å². The molecule has 234 valence electrons. The van der Waals surface area contributed by atoms with Crippen LogP contribution in [-0.4, -0.2) is 61.7 Å². The van der Waals surface area contributed by atoms with Gasteiger partial charge in [-0.05, 0) is 66.7 Å². The van der Waals surface area contributed by atoms with Crippen LogP contribution in [0.3, 0.4) is 0 Å². The van der Waals surface area contributed by atoms with Crippen molar-refractivity contribution in [2.75, 3.05) is 41.6 Å². The highest BCUT2D eigenvalue weighted by Gasteiger charge is 2.33. The first kappa shape index (κ1) is 34.5. The van der Waals surface area contributed by atoms with E-state index in [-0.39, 0.29) is 34.1 Å². The van der Waals surface area contributed by atoms with Gasteiger partial charge in [-0.1, -0.05) is 23.8 Å². The number of hydrogen-bond donors (Lipinski definition) is 3. The Labute approximate surface area is 264 Å². The minimum Gasteiger partial charge on any atom is -0.382 e. The summed E-state index contributed by atoms with van der Waals surface area (Å²) in [6.07, 6.45) is 2.96. The number of halogens is 2. The highest BCUT2D eigenvalue weighted by Crippen LogP contribution is 2.35. The molecule has 0 bridgehead atoms. The van der Waals surface area contributed by atoms with Gasteiger partial charge in [0.25, 0.3) is 0 Å². The van der Waals surface area contributed by atoms with Crippen LogP contribution < -0.4 is 25.9 Å². The summed E-state index contributed by atoms with van der Waals surface area (Å²) in [5, 5.41) is 14.2. The molecule has 0 aliphatic heterocycles. The van der Waals surface area contributed by atoms with E-state index in [4.69, 9.17) is 38.9 Å². The number of alkyl halides is 2. The zero-order chi connectivity index (χ0) is 31.4. The molecule has 0 spiro atoms. The smallest absolute Gasteiger partial charge is 0.327 e.